The van der Waals surface area contributed by atoms with Gasteiger partial charge in [0, 0.05) is 25.7 Å². The molecule has 0 aromatic carbocycles. The lowest BCUT2D eigenvalue weighted by Gasteiger charge is -2.37. The summed E-state index contributed by atoms with van der Waals surface area (Å²) in [6.45, 7) is 5.65. The van der Waals surface area contributed by atoms with Crippen LogP contribution in [-0.2, 0) is 14.3 Å². The van der Waals surface area contributed by atoms with Gasteiger partial charge in [-0.05, 0) is 32.6 Å². The van der Waals surface area contributed by atoms with Crippen molar-refractivity contribution in [3.63, 3.8) is 0 Å². The molecule has 1 saturated heterocycles. The minimum absolute atomic E-state index is 0.0502. The molecule has 2 atom stereocenters. The second kappa shape index (κ2) is 8.71. The SMILES string of the molecule is CCOCCOC1CCN(C(=O)C2CCCCC2N)CC1. The molecule has 2 rings (SSSR count). The summed E-state index contributed by atoms with van der Waals surface area (Å²) in [5.74, 6) is 0.323. The largest absolute Gasteiger partial charge is 0.379 e. The fraction of sp³-hybridized carbons (Fsp3) is 0.938. The summed E-state index contributed by atoms with van der Waals surface area (Å²) in [4.78, 5) is 14.6. The average Bonchev–Trinajstić information content (AvgIpc) is 2.52. The molecule has 0 spiro atoms. The number of ether oxygens (including phenoxy) is 2. The van der Waals surface area contributed by atoms with Gasteiger partial charge in [-0.15, -0.1) is 0 Å². The lowest BCUT2D eigenvalue weighted by Crippen LogP contribution is -2.49. The van der Waals surface area contributed by atoms with Gasteiger partial charge in [0.1, 0.15) is 0 Å². The van der Waals surface area contributed by atoms with E-state index in [4.69, 9.17) is 15.2 Å². The standard InChI is InChI=1S/C16H30N2O3/c1-2-20-11-12-21-13-7-9-18(10-8-13)16(19)14-5-3-4-6-15(14)17/h13-15H,2-12,17H2,1H3. The number of nitrogens with two attached hydrogens (primary N) is 1. The normalized spacial score (nSPS) is 27.8. The maximum atomic E-state index is 12.6. The first-order valence-electron chi connectivity index (χ1n) is 8.46. The third kappa shape index (κ3) is 4.94. The highest BCUT2D eigenvalue weighted by molar-refractivity contribution is 5.79. The summed E-state index contributed by atoms with van der Waals surface area (Å²) in [5, 5.41) is 0. The van der Waals surface area contributed by atoms with Crippen molar-refractivity contribution in [2.24, 2.45) is 11.7 Å². The number of hydrogen-bond donors (Lipinski definition) is 1. The molecule has 2 unspecified atom stereocenters. The van der Waals surface area contributed by atoms with Crippen LogP contribution in [0.1, 0.15) is 45.4 Å². The van der Waals surface area contributed by atoms with Crippen molar-refractivity contribution in [2.45, 2.75) is 57.6 Å². The average molecular weight is 298 g/mol. The molecule has 5 heteroatoms. The van der Waals surface area contributed by atoms with E-state index in [1.54, 1.807) is 0 Å². The number of carbonyl (C=O) groups is 1. The number of amides is 1. The molecule has 2 aliphatic rings. The molecule has 0 aromatic rings. The van der Waals surface area contributed by atoms with E-state index in [0.717, 1.165) is 51.8 Å². The second-order valence-corrected chi connectivity index (χ2v) is 6.15. The van der Waals surface area contributed by atoms with Gasteiger partial charge in [0.25, 0.3) is 0 Å². The first-order chi connectivity index (χ1) is 10.2. The minimum atomic E-state index is 0.0502. The van der Waals surface area contributed by atoms with Crippen molar-refractivity contribution >= 4 is 5.91 Å². The highest BCUT2D eigenvalue weighted by atomic mass is 16.5. The predicted octanol–water partition coefficient (Wildman–Crippen LogP) is 1.55. The van der Waals surface area contributed by atoms with Gasteiger partial charge in [-0.25, -0.2) is 0 Å². The van der Waals surface area contributed by atoms with E-state index in [2.05, 4.69) is 0 Å². The smallest absolute Gasteiger partial charge is 0.227 e. The summed E-state index contributed by atoms with van der Waals surface area (Å²) in [5.41, 5.74) is 6.12. The van der Waals surface area contributed by atoms with E-state index >= 15 is 0 Å². The molecule has 2 N–H and O–H groups in total. The predicted molar refractivity (Wildman–Crippen MR) is 82.0 cm³/mol. The van der Waals surface area contributed by atoms with Crippen molar-refractivity contribution in [2.75, 3.05) is 32.9 Å². The summed E-state index contributed by atoms with van der Waals surface area (Å²) >= 11 is 0. The molecule has 1 aliphatic heterocycles. The Morgan fingerprint density at radius 2 is 1.86 bits per heavy atom. The highest BCUT2D eigenvalue weighted by Crippen LogP contribution is 2.26. The Morgan fingerprint density at radius 1 is 1.14 bits per heavy atom. The van der Waals surface area contributed by atoms with Gasteiger partial charge in [0.15, 0.2) is 0 Å². The first kappa shape index (κ1) is 16.7. The van der Waals surface area contributed by atoms with Crippen molar-refractivity contribution in [1.82, 2.24) is 4.90 Å². The molecule has 0 bridgehead atoms. The van der Waals surface area contributed by atoms with Gasteiger partial charge < -0.3 is 20.1 Å². The summed E-state index contributed by atoms with van der Waals surface area (Å²) in [6, 6.07) is 0.0615. The number of rotatable bonds is 6. The second-order valence-electron chi connectivity index (χ2n) is 6.15. The zero-order chi connectivity index (χ0) is 15.1. The van der Waals surface area contributed by atoms with Crippen LogP contribution in [0.3, 0.4) is 0 Å². The minimum Gasteiger partial charge on any atom is -0.379 e. The molecule has 0 aromatic heterocycles. The molecule has 2 fully saturated rings. The number of nitrogens with zero attached hydrogens (tertiary/aromatic N) is 1. The van der Waals surface area contributed by atoms with Gasteiger partial charge in [0.2, 0.25) is 5.91 Å². The van der Waals surface area contributed by atoms with Crippen LogP contribution in [0.5, 0.6) is 0 Å². The molecule has 5 nitrogen and oxygen atoms in total. The van der Waals surface area contributed by atoms with Crippen molar-refractivity contribution in [3.05, 3.63) is 0 Å². The quantitative estimate of drug-likeness (QED) is 0.756. The van der Waals surface area contributed by atoms with Gasteiger partial charge in [-0.1, -0.05) is 12.8 Å². The van der Waals surface area contributed by atoms with Crippen LogP contribution in [0.2, 0.25) is 0 Å². The maximum Gasteiger partial charge on any atom is 0.227 e. The van der Waals surface area contributed by atoms with Crippen molar-refractivity contribution in [1.29, 1.82) is 0 Å². The lowest BCUT2D eigenvalue weighted by molar-refractivity contribution is -0.140. The van der Waals surface area contributed by atoms with Crippen LogP contribution in [0.4, 0.5) is 0 Å². The molecule has 1 saturated carbocycles. The maximum absolute atomic E-state index is 12.6. The summed E-state index contributed by atoms with van der Waals surface area (Å²) < 4.78 is 11.1. The molecule has 1 aliphatic carbocycles. The van der Waals surface area contributed by atoms with Crippen LogP contribution < -0.4 is 5.73 Å². The Labute approximate surface area is 128 Å². The molecular weight excluding hydrogens is 268 g/mol. The Morgan fingerprint density at radius 3 is 2.52 bits per heavy atom. The molecule has 122 valence electrons. The van der Waals surface area contributed by atoms with E-state index in [0.29, 0.717) is 13.2 Å². The molecule has 1 heterocycles. The molecule has 1 amide bonds. The van der Waals surface area contributed by atoms with Gasteiger partial charge in [-0.3, -0.25) is 4.79 Å². The fourth-order valence-electron chi connectivity index (χ4n) is 3.36. The van der Waals surface area contributed by atoms with Gasteiger partial charge >= 0.3 is 0 Å². The fourth-order valence-corrected chi connectivity index (χ4v) is 3.36. The summed E-state index contributed by atoms with van der Waals surface area (Å²) in [7, 11) is 0. The van der Waals surface area contributed by atoms with Crippen molar-refractivity contribution < 1.29 is 14.3 Å². The number of carbonyl (C=O) groups excluding carboxylic acids is 1. The Balaban J connectivity index is 1.69. The van der Waals surface area contributed by atoms with Gasteiger partial charge in [0.05, 0.1) is 25.2 Å². The first-order valence-corrected chi connectivity index (χ1v) is 8.46. The van der Waals surface area contributed by atoms with Crippen LogP contribution in [0.15, 0.2) is 0 Å². The van der Waals surface area contributed by atoms with Crippen molar-refractivity contribution in [3.8, 4) is 0 Å². The Hall–Kier alpha value is -0.650. The number of likely N-dealkylation sites (tertiary alicyclic amines) is 1. The molecule has 21 heavy (non-hydrogen) atoms. The number of piperidine rings is 1. The van der Waals surface area contributed by atoms with Gasteiger partial charge in [-0.2, -0.15) is 0 Å². The zero-order valence-electron chi connectivity index (χ0n) is 13.3. The third-order valence-corrected chi connectivity index (χ3v) is 4.68. The van der Waals surface area contributed by atoms with Crippen LogP contribution in [0.25, 0.3) is 0 Å². The van der Waals surface area contributed by atoms with Crippen LogP contribution in [0, 0.1) is 5.92 Å². The van der Waals surface area contributed by atoms with E-state index in [1.807, 2.05) is 11.8 Å². The van der Waals surface area contributed by atoms with Crippen LogP contribution in [-0.4, -0.2) is 55.9 Å². The summed E-state index contributed by atoms with van der Waals surface area (Å²) in [6.07, 6.45) is 6.40. The lowest BCUT2D eigenvalue weighted by atomic mass is 9.84. The van der Waals surface area contributed by atoms with E-state index in [-0.39, 0.29) is 24.0 Å². The Bertz CT molecular complexity index is 317. The topological polar surface area (TPSA) is 64.8 Å². The van der Waals surface area contributed by atoms with E-state index in [9.17, 15) is 4.79 Å². The number of hydrogen-bond acceptors (Lipinski definition) is 4. The van der Waals surface area contributed by atoms with E-state index in [1.165, 1.54) is 6.42 Å². The highest BCUT2D eigenvalue weighted by Gasteiger charge is 2.33. The molecular formula is C16H30N2O3. The monoisotopic (exact) mass is 298 g/mol. The Kier molecular flexibility index (Phi) is 6.93. The zero-order valence-corrected chi connectivity index (χ0v) is 13.3. The third-order valence-electron chi connectivity index (χ3n) is 4.68. The molecule has 0 radical (unpaired) electrons. The van der Waals surface area contributed by atoms with Crippen LogP contribution >= 0.6 is 0 Å². The van der Waals surface area contributed by atoms with E-state index < -0.39 is 0 Å².